The van der Waals surface area contributed by atoms with E-state index in [1.807, 2.05) is 0 Å². The van der Waals surface area contributed by atoms with Gasteiger partial charge in [0.1, 0.15) is 5.82 Å². The lowest BCUT2D eigenvalue weighted by atomic mass is 10.1. The van der Waals surface area contributed by atoms with Crippen LogP contribution >= 0.6 is 0 Å². The van der Waals surface area contributed by atoms with Crippen LogP contribution in [0.15, 0.2) is 36.4 Å². The van der Waals surface area contributed by atoms with E-state index in [0.717, 1.165) is 24.3 Å². The van der Waals surface area contributed by atoms with E-state index in [9.17, 15) is 28.1 Å². The Morgan fingerprint density at radius 1 is 1.28 bits per heavy atom. The molecule has 0 bridgehead atoms. The summed E-state index contributed by atoms with van der Waals surface area (Å²) in [7, 11) is 1.19. The van der Waals surface area contributed by atoms with Crippen molar-refractivity contribution in [2.75, 3.05) is 12.4 Å². The first-order chi connectivity index (χ1) is 11.8. The van der Waals surface area contributed by atoms with Gasteiger partial charge in [0.2, 0.25) is 0 Å². The molecule has 0 saturated heterocycles. The van der Waals surface area contributed by atoms with Crippen LogP contribution in [0.1, 0.15) is 10.4 Å². The van der Waals surface area contributed by atoms with Gasteiger partial charge < -0.3 is 14.8 Å². The van der Waals surface area contributed by atoms with Crippen molar-refractivity contribution in [3.05, 3.63) is 57.9 Å². The molecule has 10 heteroatoms. The number of nitrogens with one attached hydrogen (secondary N) is 1. The number of halogens is 3. The molecule has 2 aromatic carbocycles. The number of amides is 1. The molecule has 0 aliphatic carbocycles. The van der Waals surface area contributed by atoms with Gasteiger partial charge in [0.15, 0.2) is 11.5 Å². The number of nitrogens with zero attached hydrogens (tertiary/aromatic N) is 1. The smallest absolute Gasteiger partial charge is 0.387 e. The quantitative estimate of drug-likeness (QED) is 0.631. The molecule has 0 heterocycles. The number of non-ortho nitro benzene ring substituents is 1. The Labute approximate surface area is 139 Å². The molecule has 0 saturated carbocycles. The maximum atomic E-state index is 13.8. The number of carbonyl (C=O) groups is 1. The van der Waals surface area contributed by atoms with Gasteiger partial charge in [0, 0.05) is 12.1 Å². The Morgan fingerprint density at radius 2 is 2.00 bits per heavy atom. The Bertz CT molecular complexity index is 814. The van der Waals surface area contributed by atoms with Crippen molar-refractivity contribution in [1.82, 2.24) is 0 Å². The highest BCUT2D eigenvalue weighted by Gasteiger charge is 2.22. The third kappa shape index (κ3) is 4.16. The largest absolute Gasteiger partial charge is 0.493 e. The molecule has 25 heavy (non-hydrogen) atoms. The van der Waals surface area contributed by atoms with E-state index in [2.05, 4.69) is 10.1 Å². The van der Waals surface area contributed by atoms with E-state index in [4.69, 9.17) is 4.74 Å². The number of carbonyl (C=O) groups excluding carboxylic acids is 1. The first-order valence-corrected chi connectivity index (χ1v) is 6.70. The lowest BCUT2D eigenvalue weighted by Crippen LogP contribution is -2.16. The molecule has 0 radical (unpaired) electrons. The van der Waals surface area contributed by atoms with Gasteiger partial charge in [-0.25, -0.2) is 4.39 Å². The summed E-state index contributed by atoms with van der Waals surface area (Å²) in [4.78, 5) is 22.2. The van der Waals surface area contributed by atoms with Crippen LogP contribution in [0.5, 0.6) is 11.5 Å². The number of hydrogen-bond acceptors (Lipinski definition) is 5. The zero-order chi connectivity index (χ0) is 18.6. The maximum Gasteiger partial charge on any atom is 0.387 e. The number of ether oxygens (including phenoxy) is 2. The van der Waals surface area contributed by atoms with E-state index in [1.165, 1.54) is 19.2 Å². The van der Waals surface area contributed by atoms with Crippen molar-refractivity contribution in [2.45, 2.75) is 6.61 Å². The standard InChI is InChI=1S/C15H11F3N2O5/c1-24-12-4-2-3-9(13(12)25-15(17)18)14(21)19-11-7-8(20(22)23)5-6-10(11)16/h2-7,15H,1H3,(H,19,21). The van der Waals surface area contributed by atoms with Crippen LogP contribution in [-0.4, -0.2) is 24.6 Å². The van der Waals surface area contributed by atoms with Crippen molar-refractivity contribution < 1.29 is 32.4 Å². The fraction of sp³-hybridized carbons (Fsp3) is 0.133. The lowest BCUT2D eigenvalue weighted by Gasteiger charge is -2.14. The van der Waals surface area contributed by atoms with Crippen molar-refractivity contribution in [1.29, 1.82) is 0 Å². The van der Waals surface area contributed by atoms with E-state index < -0.39 is 40.4 Å². The van der Waals surface area contributed by atoms with E-state index >= 15 is 0 Å². The molecule has 0 unspecified atom stereocenters. The molecule has 2 aromatic rings. The van der Waals surface area contributed by atoms with Crippen LogP contribution in [0.2, 0.25) is 0 Å². The van der Waals surface area contributed by atoms with Gasteiger partial charge in [-0.1, -0.05) is 6.07 Å². The van der Waals surface area contributed by atoms with Gasteiger partial charge in [0.05, 0.1) is 23.3 Å². The molecular weight excluding hydrogens is 345 g/mol. The predicted octanol–water partition coefficient (Wildman–Crippen LogP) is 3.60. The van der Waals surface area contributed by atoms with Crippen LogP contribution in [-0.2, 0) is 0 Å². The number of hydrogen-bond donors (Lipinski definition) is 1. The Hall–Kier alpha value is -3.30. The minimum absolute atomic E-state index is 0.132. The first kappa shape index (κ1) is 18.0. The lowest BCUT2D eigenvalue weighted by molar-refractivity contribution is -0.384. The maximum absolute atomic E-state index is 13.8. The number of benzene rings is 2. The fourth-order valence-corrected chi connectivity index (χ4v) is 1.98. The summed E-state index contributed by atoms with van der Waals surface area (Å²) in [5.41, 5.74) is -1.29. The van der Waals surface area contributed by atoms with Gasteiger partial charge in [-0.3, -0.25) is 14.9 Å². The molecule has 0 atom stereocenters. The average molecular weight is 356 g/mol. The van der Waals surface area contributed by atoms with Crippen molar-refractivity contribution in [2.24, 2.45) is 0 Å². The zero-order valence-electron chi connectivity index (χ0n) is 12.7. The SMILES string of the molecule is COc1cccc(C(=O)Nc2cc([N+](=O)[O-])ccc2F)c1OC(F)F. The number of nitro benzene ring substituents is 1. The third-order valence-corrected chi connectivity index (χ3v) is 3.06. The van der Waals surface area contributed by atoms with Crippen LogP contribution in [0, 0.1) is 15.9 Å². The summed E-state index contributed by atoms with van der Waals surface area (Å²) in [5.74, 6) is -2.61. The number of nitro groups is 1. The van der Waals surface area contributed by atoms with Crippen molar-refractivity contribution in [3.63, 3.8) is 0 Å². The fourth-order valence-electron chi connectivity index (χ4n) is 1.98. The Morgan fingerprint density at radius 3 is 2.60 bits per heavy atom. The molecule has 1 amide bonds. The number of rotatable bonds is 6. The van der Waals surface area contributed by atoms with Gasteiger partial charge in [-0.2, -0.15) is 8.78 Å². The number of anilines is 1. The van der Waals surface area contributed by atoms with Crippen LogP contribution in [0.4, 0.5) is 24.5 Å². The Balaban J connectivity index is 2.39. The van der Waals surface area contributed by atoms with E-state index in [1.54, 1.807) is 0 Å². The van der Waals surface area contributed by atoms with Crippen LogP contribution < -0.4 is 14.8 Å². The van der Waals surface area contributed by atoms with Gasteiger partial charge >= 0.3 is 6.61 Å². The van der Waals surface area contributed by atoms with Gasteiger partial charge in [0.25, 0.3) is 11.6 Å². The van der Waals surface area contributed by atoms with Crippen molar-refractivity contribution >= 4 is 17.3 Å². The molecule has 0 aliphatic rings. The van der Waals surface area contributed by atoms with Crippen LogP contribution in [0.3, 0.4) is 0 Å². The second kappa shape index (κ2) is 7.51. The number of alkyl halides is 2. The summed E-state index contributed by atoms with van der Waals surface area (Å²) in [6, 6.07) is 6.32. The second-order valence-corrected chi connectivity index (χ2v) is 4.59. The monoisotopic (exact) mass is 356 g/mol. The predicted molar refractivity (Wildman–Crippen MR) is 80.6 cm³/mol. The van der Waals surface area contributed by atoms with Crippen LogP contribution in [0.25, 0.3) is 0 Å². The zero-order valence-corrected chi connectivity index (χ0v) is 12.7. The molecule has 0 aromatic heterocycles. The number of para-hydroxylation sites is 1. The molecule has 0 aliphatic heterocycles. The van der Waals surface area contributed by atoms with E-state index in [-0.39, 0.29) is 11.3 Å². The minimum atomic E-state index is -3.22. The highest BCUT2D eigenvalue weighted by Crippen LogP contribution is 2.33. The summed E-state index contributed by atoms with van der Waals surface area (Å²) < 4.78 is 48.0. The average Bonchev–Trinajstić information content (AvgIpc) is 2.56. The van der Waals surface area contributed by atoms with Gasteiger partial charge in [-0.05, 0) is 18.2 Å². The first-order valence-electron chi connectivity index (χ1n) is 6.70. The molecule has 132 valence electrons. The molecule has 7 nitrogen and oxygen atoms in total. The molecule has 1 N–H and O–H groups in total. The van der Waals surface area contributed by atoms with E-state index in [0.29, 0.717) is 0 Å². The summed E-state index contributed by atoms with van der Waals surface area (Å²) in [5, 5.41) is 12.8. The molecule has 0 spiro atoms. The highest BCUT2D eigenvalue weighted by molar-refractivity contribution is 6.07. The number of methoxy groups -OCH3 is 1. The summed E-state index contributed by atoms with van der Waals surface area (Å²) >= 11 is 0. The second-order valence-electron chi connectivity index (χ2n) is 4.59. The third-order valence-electron chi connectivity index (χ3n) is 3.06. The Kier molecular flexibility index (Phi) is 5.42. The topological polar surface area (TPSA) is 90.7 Å². The normalized spacial score (nSPS) is 10.4. The summed E-state index contributed by atoms with van der Waals surface area (Å²) in [6.07, 6.45) is 0. The van der Waals surface area contributed by atoms with Gasteiger partial charge in [-0.15, -0.1) is 0 Å². The molecular formula is C15H11F3N2O5. The molecule has 2 rings (SSSR count). The molecule has 0 fully saturated rings. The summed E-state index contributed by atoms with van der Waals surface area (Å²) in [6.45, 7) is -3.22. The highest BCUT2D eigenvalue weighted by atomic mass is 19.3. The minimum Gasteiger partial charge on any atom is -0.493 e. The van der Waals surface area contributed by atoms with Crippen molar-refractivity contribution in [3.8, 4) is 11.5 Å².